The monoisotopic (exact) mass is 434 g/mol. The second-order valence-corrected chi connectivity index (χ2v) is 7.49. The lowest BCUT2D eigenvalue weighted by molar-refractivity contribution is -0.147. The van der Waals surface area contributed by atoms with Crippen molar-refractivity contribution in [2.75, 3.05) is 11.9 Å². The Morgan fingerprint density at radius 2 is 1.93 bits per heavy atom. The summed E-state index contributed by atoms with van der Waals surface area (Å²) < 4.78 is 6.84. The molecule has 0 radical (unpaired) electrons. The Bertz CT molecular complexity index is 1100. The molecule has 3 aromatic rings. The molecule has 0 aliphatic rings. The third kappa shape index (κ3) is 5.05. The third-order valence-electron chi connectivity index (χ3n) is 4.43. The van der Waals surface area contributed by atoms with E-state index in [1.165, 1.54) is 6.07 Å². The molecule has 29 heavy (non-hydrogen) atoms. The van der Waals surface area contributed by atoms with E-state index in [-0.39, 0.29) is 6.42 Å². The van der Waals surface area contributed by atoms with Crippen LogP contribution >= 0.6 is 23.2 Å². The zero-order chi connectivity index (χ0) is 21.1. The number of fused-ring (bicyclic) bond motifs is 1. The maximum atomic E-state index is 12.1. The first kappa shape index (κ1) is 21.1. The highest BCUT2D eigenvalue weighted by Gasteiger charge is 2.14. The van der Waals surface area contributed by atoms with Crippen molar-refractivity contribution in [1.82, 2.24) is 14.6 Å². The van der Waals surface area contributed by atoms with Crippen molar-refractivity contribution in [2.24, 2.45) is 0 Å². The largest absolute Gasteiger partial charge is 0.456 e. The van der Waals surface area contributed by atoms with Gasteiger partial charge in [0.15, 0.2) is 12.3 Å². The maximum Gasteiger partial charge on any atom is 0.306 e. The summed E-state index contributed by atoms with van der Waals surface area (Å²) in [5, 5.41) is 7.77. The smallest absolute Gasteiger partial charge is 0.306 e. The number of esters is 1. The average Bonchev–Trinajstić information content (AvgIpc) is 3.03. The van der Waals surface area contributed by atoms with E-state index in [1.807, 2.05) is 26.8 Å². The molecule has 1 amide bonds. The van der Waals surface area contributed by atoms with Gasteiger partial charge in [0, 0.05) is 28.9 Å². The van der Waals surface area contributed by atoms with Crippen LogP contribution in [-0.2, 0) is 20.7 Å². The number of carbonyl (C=O) groups excluding carboxylic acids is 2. The minimum Gasteiger partial charge on any atom is -0.456 e. The van der Waals surface area contributed by atoms with Crippen molar-refractivity contribution in [1.29, 1.82) is 0 Å². The Morgan fingerprint density at radius 3 is 2.69 bits per heavy atom. The predicted octanol–water partition coefficient (Wildman–Crippen LogP) is 4.08. The second kappa shape index (κ2) is 8.80. The SMILES string of the molecule is Cc1cc2nc(C)c(CCC(=O)OCC(=O)Nc3cc(Cl)ccc3Cl)c(C)n2n1. The van der Waals surface area contributed by atoms with E-state index in [1.54, 1.807) is 16.6 Å². The Morgan fingerprint density at radius 1 is 1.17 bits per heavy atom. The number of rotatable bonds is 6. The summed E-state index contributed by atoms with van der Waals surface area (Å²) >= 11 is 11.9. The lowest BCUT2D eigenvalue weighted by Gasteiger charge is -2.11. The zero-order valence-corrected chi connectivity index (χ0v) is 17.8. The molecule has 7 nitrogen and oxygen atoms in total. The number of nitrogens with zero attached hydrogens (tertiary/aromatic N) is 3. The molecule has 0 atom stereocenters. The number of nitrogens with one attached hydrogen (secondary N) is 1. The van der Waals surface area contributed by atoms with E-state index in [2.05, 4.69) is 15.4 Å². The van der Waals surface area contributed by atoms with Crippen molar-refractivity contribution in [3.05, 3.63) is 57.0 Å². The van der Waals surface area contributed by atoms with Crippen LogP contribution in [0.5, 0.6) is 0 Å². The molecule has 9 heteroatoms. The summed E-state index contributed by atoms with van der Waals surface area (Å²) in [5.74, 6) is -0.974. The number of halogens is 2. The highest BCUT2D eigenvalue weighted by Crippen LogP contribution is 2.25. The van der Waals surface area contributed by atoms with Crippen molar-refractivity contribution in [3.8, 4) is 0 Å². The third-order valence-corrected chi connectivity index (χ3v) is 5.00. The molecule has 0 aliphatic heterocycles. The van der Waals surface area contributed by atoms with E-state index in [4.69, 9.17) is 27.9 Å². The fourth-order valence-corrected chi connectivity index (χ4v) is 3.36. The van der Waals surface area contributed by atoms with Crippen LogP contribution in [0, 0.1) is 20.8 Å². The molecule has 1 N–H and O–H groups in total. The molecule has 0 saturated carbocycles. The predicted molar refractivity (Wildman–Crippen MR) is 112 cm³/mol. The summed E-state index contributed by atoms with van der Waals surface area (Å²) in [7, 11) is 0. The van der Waals surface area contributed by atoms with Gasteiger partial charge >= 0.3 is 5.97 Å². The lowest BCUT2D eigenvalue weighted by atomic mass is 10.1. The van der Waals surface area contributed by atoms with Gasteiger partial charge in [0.25, 0.3) is 5.91 Å². The van der Waals surface area contributed by atoms with Gasteiger partial charge in [0.05, 0.1) is 16.4 Å². The first-order valence-electron chi connectivity index (χ1n) is 8.97. The van der Waals surface area contributed by atoms with Crippen LogP contribution in [0.25, 0.3) is 5.65 Å². The number of benzene rings is 1. The number of amides is 1. The van der Waals surface area contributed by atoms with Crippen LogP contribution in [0.1, 0.15) is 29.1 Å². The number of hydrogen-bond donors (Lipinski definition) is 1. The fraction of sp³-hybridized carbons (Fsp3) is 0.300. The molecule has 3 rings (SSSR count). The van der Waals surface area contributed by atoms with Crippen LogP contribution in [0.2, 0.25) is 10.0 Å². The van der Waals surface area contributed by atoms with Crippen molar-refractivity contribution < 1.29 is 14.3 Å². The number of carbonyl (C=O) groups is 2. The molecule has 0 unspecified atom stereocenters. The van der Waals surface area contributed by atoms with Crippen molar-refractivity contribution in [3.63, 3.8) is 0 Å². The van der Waals surface area contributed by atoms with Crippen LogP contribution < -0.4 is 5.32 Å². The molecule has 0 spiro atoms. The summed E-state index contributed by atoms with van der Waals surface area (Å²) in [5.41, 5.74) is 4.73. The van der Waals surface area contributed by atoms with Gasteiger partial charge in [0.1, 0.15) is 0 Å². The Hall–Kier alpha value is -2.64. The first-order valence-corrected chi connectivity index (χ1v) is 9.73. The molecule has 0 saturated heterocycles. The minimum absolute atomic E-state index is 0.125. The Kier molecular flexibility index (Phi) is 6.39. The number of hydrogen-bond acceptors (Lipinski definition) is 5. The van der Waals surface area contributed by atoms with Gasteiger partial charge in [-0.3, -0.25) is 9.59 Å². The van der Waals surface area contributed by atoms with Gasteiger partial charge in [-0.1, -0.05) is 23.2 Å². The van der Waals surface area contributed by atoms with Gasteiger partial charge in [-0.15, -0.1) is 0 Å². The van der Waals surface area contributed by atoms with E-state index < -0.39 is 18.5 Å². The molecule has 0 aliphatic carbocycles. The van der Waals surface area contributed by atoms with Gasteiger partial charge in [-0.2, -0.15) is 5.10 Å². The van der Waals surface area contributed by atoms with Crippen molar-refractivity contribution in [2.45, 2.75) is 33.6 Å². The van der Waals surface area contributed by atoms with E-state index >= 15 is 0 Å². The lowest BCUT2D eigenvalue weighted by Crippen LogP contribution is -2.21. The minimum atomic E-state index is -0.495. The molecule has 0 fully saturated rings. The maximum absolute atomic E-state index is 12.1. The quantitative estimate of drug-likeness (QED) is 0.590. The Labute approximate surface area is 178 Å². The molecule has 1 aromatic carbocycles. The highest BCUT2D eigenvalue weighted by atomic mass is 35.5. The van der Waals surface area contributed by atoms with Crippen LogP contribution in [0.3, 0.4) is 0 Å². The van der Waals surface area contributed by atoms with Crippen LogP contribution in [0.4, 0.5) is 5.69 Å². The molecule has 2 aromatic heterocycles. The number of ether oxygens (including phenoxy) is 1. The van der Waals surface area contributed by atoms with Crippen LogP contribution in [0.15, 0.2) is 24.3 Å². The number of aryl methyl sites for hydroxylation is 3. The highest BCUT2D eigenvalue weighted by molar-refractivity contribution is 6.35. The molecular weight excluding hydrogens is 415 g/mol. The summed E-state index contributed by atoms with van der Waals surface area (Å²) in [6, 6.07) is 6.61. The molecular formula is C20H20Cl2N4O3. The van der Waals surface area contributed by atoms with Gasteiger partial charge in [-0.25, -0.2) is 9.50 Å². The molecule has 152 valence electrons. The Balaban J connectivity index is 1.55. The van der Waals surface area contributed by atoms with Gasteiger partial charge in [-0.05, 0) is 51.0 Å². The normalized spacial score (nSPS) is 10.9. The van der Waals surface area contributed by atoms with E-state index in [0.29, 0.717) is 22.2 Å². The molecule has 2 heterocycles. The fourth-order valence-electron chi connectivity index (χ4n) is 3.03. The van der Waals surface area contributed by atoms with E-state index in [0.717, 1.165) is 28.3 Å². The van der Waals surface area contributed by atoms with Gasteiger partial charge < -0.3 is 10.1 Å². The van der Waals surface area contributed by atoms with E-state index in [9.17, 15) is 9.59 Å². The zero-order valence-electron chi connectivity index (χ0n) is 16.3. The summed E-state index contributed by atoms with van der Waals surface area (Å²) in [6.45, 7) is 5.34. The summed E-state index contributed by atoms with van der Waals surface area (Å²) in [6.07, 6.45) is 0.570. The average molecular weight is 435 g/mol. The van der Waals surface area contributed by atoms with Crippen molar-refractivity contribution >= 4 is 46.4 Å². The van der Waals surface area contributed by atoms with Crippen LogP contribution in [-0.4, -0.2) is 33.1 Å². The number of anilines is 1. The number of aromatic nitrogens is 3. The topological polar surface area (TPSA) is 85.6 Å². The summed E-state index contributed by atoms with van der Waals surface area (Å²) in [4.78, 5) is 28.6. The first-order chi connectivity index (χ1) is 13.7. The van der Waals surface area contributed by atoms with Gasteiger partial charge in [0.2, 0.25) is 0 Å². The standard InChI is InChI=1S/C20H20Cl2N4O3/c1-11-8-18-23-12(2)15(13(3)26(18)25-11)5-7-20(28)29-10-19(27)24-17-9-14(21)4-6-16(17)22/h4,6,8-9H,5,7,10H2,1-3H3,(H,24,27). The molecule has 0 bridgehead atoms. The second-order valence-electron chi connectivity index (χ2n) is 6.65.